The van der Waals surface area contributed by atoms with Crippen molar-refractivity contribution in [2.24, 2.45) is 5.92 Å². The van der Waals surface area contributed by atoms with Crippen molar-refractivity contribution in [3.8, 4) is 0 Å². The summed E-state index contributed by atoms with van der Waals surface area (Å²) in [6.45, 7) is 4.57. The summed E-state index contributed by atoms with van der Waals surface area (Å²) in [6.07, 6.45) is 5.61. The molecule has 0 bridgehead atoms. The minimum absolute atomic E-state index is 0.415. The van der Waals surface area contributed by atoms with Crippen LogP contribution in [0.1, 0.15) is 44.7 Å². The van der Waals surface area contributed by atoms with Gasteiger partial charge in [0.25, 0.3) is 0 Å². The Morgan fingerprint density at radius 2 is 1.84 bits per heavy atom. The van der Waals surface area contributed by atoms with E-state index in [9.17, 15) is 0 Å². The van der Waals surface area contributed by atoms with Crippen LogP contribution in [0.2, 0.25) is 0 Å². The molecule has 1 N–H and O–H groups in total. The molecule has 0 aliphatic heterocycles. The predicted molar refractivity (Wildman–Crippen MR) is 82.2 cm³/mol. The smallest absolute Gasteiger partial charge is 0.0705 e. The number of para-hydroxylation sites is 1. The minimum atomic E-state index is 0.415. The summed E-state index contributed by atoms with van der Waals surface area (Å²) in [4.78, 5) is 4.45. The molecule has 1 atom stereocenters. The fraction of sp³-hybridized carbons (Fsp3) is 0.471. The van der Waals surface area contributed by atoms with Gasteiger partial charge in [-0.05, 0) is 37.1 Å². The Bertz CT molecular complexity index is 512. The second kappa shape index (κ2) is 6.67. The van der Waals surface area contributed by atoms with E-state index in [0.717, 1.165) is 11.4 Å². The van der Waals surface area contributed by atoms with Gasteiger partial charge in [0, 0.05) is 17.6 Å². The summed E-state index contributed by atoms with van der Waals surface area (Å²) in [7, 11) is 2.06. The fourth-order valence-corrected chi connectivity index (χ4v) is 2.78. The Hall–Kier alpha value is -1.41. The van der Waals surface area contributed by atoms with E-state index in [0.29, 0.717) is 6.04 Å². The lowest BCUT2D eigenvalue weighted by Crippen LogP contribution is -2.20. The van der Waals surface area contributed by atoms with Gasteiger partial charge in [-0.3, -0.25) is 4.98 Å². The molecule has 0 saturated heterocycles. The van der Waals surface area contributed by atoms with Crippen LogP contribution in [0.5, 0.6) is 0 Å². The average Bonchev–Trinajstić information content (AvgIpc) is 2.48. The molecule has 1 unspecified atom stereocenters. The molecule has 0 aliphatic carbocycles. The molecule has 1 aromatic heterocycles. The van der Waals surface area contributed by atoms with Gasteiger partial charge in [0.15, 0.2) is 0 Å². The third kappa shape index (κ3) is 3.13. The first-order valence-electron chi connectivity index (χ1n) is 7.31. The van der Waals surface area contributed by atoms with Crippen LogP contribution in [-0.2, 0) is 0 Å². The molecule has 2 aromatic rings. The number of hydrogen-bond donors (Lipinski definition) is 1. The highest BCUT2D eigenvalue weighted by Gasteiger charge is 2.16. The third-order valence-electron chi connectivity index (χ3n) is 4.13. The maximum Gasteiger partial charge on any atom is 0.0705 e. The molecule has 0 aliphatic rings. The van der Waals surface area contributed by atoms with Crippen LogP contribution in [-0.4, -0.2) is 12.0 Å². The van der Waals surface area contributed by atoms with E-state index >= 15 is 0 Å². The molecule has 0 radical (unpaired) electrons. The van der Waals surface area contributed by atoms with Gasteiger partial charge in [0.2, 0.25) is 0 Å². The average molecular weight is 256 g/mol. The number of pyridine rings is 1. The van der Waals surface area contributed by atoms with Crippen molar-refractivity contribution in [2.45, 2.75) is 39.2 Å². The molecule has 102 valence electrons. The molecule has 2 heteroatoms. The Labute approximate surface area is 116 Å². The number of nitrogens with zero attached hydrogens (tertiary/aromatic N) is 1. The molecule has 19 heavy (non-hydrogen) atoms. The number of aromatic nitrogens is 1. The van der Waals surface area contributed by atoms with Gasteiger partial charge >= 0.3 is 0 Å². The fourth-order valence-electron chi connectivity index (χ4n) is 2.78. The van der Waals surface area contributed by atoms with Crippen molar-refractivity contribution >= 4 is 10.9 Å². The highest BCUT2D eigenvalue weighted by atomic mass is 14.9. The van der Waals surface area contributed by atoms with Crippen molar-refractivity contribution in [1.29, 1.82) is 0 Å². The lowest BCUT2D eigenvalue weighted by Gasteiger charge is -2.23. The summed E-state index contributed by atoms with van der Waals surface area (Å²) in [6, 6.07) is 11.0. The van der Waals surface area contributed by atoms with E-state index in [1.54, 1.807) is 0 Å². The quantitative estimate of drug-likeness (QED) is 0.832. The highest BCUT2D eigenvalue weighted by Crippen LogP contribution is 2.29. The third-order valence-corrected chi connectivity index (χ3v) is 4.13. The first-order chi connectivity index (χ1) is 9.30. The summed E-state index contributed by atoms with van der Waals surface area (Å²) in [5.41, 5.74) is 2.46. The van der Waals surface area contributed by atoms with E-state index in [1.807, 2.05) is 12.3 Å². The largest absolute Gasteiger partial charge is 0.313 e. The Balaban J connectivity index is 2.35. The molecular formula is C17H24N2. The zero-order chi connectivity index (χ0) is 13.7. The molecule has 0 amide bonds. The van der Waals surface area contributed by atoms with Gasteiger partial charge in [-0.2, -0.15) is 0 Å². The molecule has 1 aromatic carbocycles. The van der Waals surface area contributed by atoms with E-state index in [1.165, 1.54) is 30.2 Å². The van der Waals surface area contributed by atoms with Gasteiger partial charge in [0.05, 0.1) is 5.52 Å². The molecule has 2 rings (SSSR count). The number of nitrogens with one attached hydrogen (secondary N) is 1. The molecule has 0 saturated carbocycles. The lowest BCUT2D eigenvalue weighted by atomic mass is 9.90. The predicted octanol–water partition coefficient (Wildman–Crippen LogP) is 4.32. The molecule has 0 fully saturated rings. The van der Waals surface area contributed by atoms with E-state index in [-0.39, 0.29) is 0 Å². The maximum atomic E-state index is 4.45. The highest BCUT2D eigenvalue weighted by molar-refractivity contribution is 5.82. The Morgan fingerprint density at radius 1 is 1.11 bits per heavy atom. The SMILES string of the molecule is CCC(CC)CC(NC)c1ccnc2ccccc12. The summed E-state index contributed by atoms with van der Waals surface area (Å²) < 4.78 is 0. The van der Waals surface area contributed by atoms with Crippen LogP contribution in [0.25, 0.3) is 10.9 Å². The number of rotatable bonds is 6. The molecule has 0 spiro atoms. The standard InChI is InChI=1S/C17H24N2/c1-4-13(5-2)12-17(18-3)15-10-11-19-16-9-7-6-8-14(15)16/h6-11,13,17-18H,4-5,12H2,1-3H3. The van der Waals surface area contributed by atoms with Crippen molar-refractivity contribution in [3.63, 3.8) is 0 Å². The normalized spacial score (nSPS) is 13.1. The van der Waals surface area contributed by atoms with E-state index in [4.69, 9.17) is 0 Å². The number of hydrogen-bond acceptors (Lipinski definition) is 2. The Kier molecular flexibility index (Phi) is 4.92. The van der Waals surface area contributed by atoms with Crippen LogP contribution < -0.4 is 5.32 Å². The summed E-state index contributed by atoms with van der Waals surface area (Å²) >= 11 is 0. The topological polar surface area (TPSA) is 24.9 Å². The van der Waals surface area contributed by atoms with E-state index < -0.39 is 0 Å². The Morgan fingerprint density at radius 3 is 2.53 bits per heavy atom. The molecular weight excluding hydrogens is 232 g/mol. The van der Waals surface area contributed by atoms with Crippen molar-refractivity contribution in [1.82, 2.24) is 10.3 Å². The van der Waals surface area contributed by atoms with Crippen molar-refractivity contribution in [3.05, 3.63) is 42.1 Å². The van der Waals surface area contributed by atoms with E-state index in [2.05, 4.69) is 55.5 Å². The zero-order valence-electron chi connectivity index (χ0n) is 12.2. The van der Waals surface area contributed by atoms with Gasteiger partial charge in [-0.1, -0.05) is 44.9 Å². The van der Waals surface area contributed by atoms with Crippen LogP contribution in [0.4, 0.5) is 0 Å². The monoisotopic (exact) mass is 256 g/mol. The lowest BCUT2D eigenvalue weighted by molar-refractivity contribution is 0.386. The molecule has 1 heterocycles. The zero-order valence-corrected chi connectivity index (χ0v) is 12.2. The first kappa shape index (κ1) is 14.0. The van der Waals surface area contributed by atoms with Gasteiger partial charge in [0.1, 0.15) is 0 Å². The first-order valence-corrected chi connectivity index (χ1v) is 7.31. The molecule has 2 nitrogen and oxygen atoms in total. The van der Waals surface area contributed by atoms with Crippen LogP contribution in [0.15, 0.2) is 36.5 Å². The maximum absolute atomic E-state index is 4.45. The summed E-state index contributed by atoms with van der Waals surface area (Å²) in [5, 5.41) is 4.76. The van der Waals surface area contributed by atoms with Gasteiger partial charge in [-0.25, -0.2) is 0 Å². The van der Waals surface area contributed by atoms with Crippen LogP contribution in [0, 0.1) is 5.92 Å². The van der Waals surface area contributed by atoms with Crippen molar-refractivity contribution in [2.75, 3.05) is 7.05 Å². The van der Waals surface area contributed by atoms with Crippen LogP contribution in [0.3, 0.4) is 0 Å². The van der Waals surface area contributed by atoms with Crippen LogP contribution >= 0.6 is 0 Å². The summed E-state index contributed by atoms with van der Waals surface area (Å²) in [5.74, 6) is 0.782. The second-order valence-corrected chi connectivity index (χ2v) is 5.18. The van der Waals surface area contributed by atoms with Crippen molar-refractivity contribution < 1.29 is 0 Å². The number of fused-ring (bicyclic) bond motifs is 1. The number of benzene rings is 1. The minimum Gasteiger partial charge on any atom is -0.313 e. The van der Waals surface area contributed by atoms with Gasteiger partial charge < -0.3 is 5.32 Å². The second-order valence-electron chi connectivity index (χ2n) is 5.18. The van der Waals surface area contributed by atoms with Gasteiger partial charge in [-0.15, -0.1) is 0 Å².